The molecule has 0 aliphatic heterocycles. The Hall–Kier alpha value is -9.75. The van der Waals surface area contributed by atoms with Crippen LogP contribution in [0.25, 0.3) is 22.3 Å². The number of benzene rings is 11. The largest absolute Gasteiger partial charge is 0.496 e. The second-order valence-electron chi connectivity index (χ2n) is 20.7. The number of ketones is 4. The lowest BCUT2D eigenvalue weighted by Gasteiger charge is -2.11. The Morgan fingerprint density at radius 2 is 0.619 bits per heavy atom. The number of methoxy groups -OCH3 is 1. The Morgan fingerprint density at radius 3 is 1.06 bits per heavy atom. The van der Waals surface area contributed by atoms with E-state index in [-0.39, 0.29) is 23.1 Å². The van der Waals surface area contributed by atoms with Gasteiger partial charge in [0, 0.05) is 54.3 Å². The highest BCUT2D eigenvalue weighted by Crippen LogP contribution is 2.29. The van der Waals surface area contributed by atoms with Gasteiger partial charge in [0.15, 0.2) is 23.1 Å². The molecule has 11 aromatic rings. The second-order valence-corrected chi connectivity index (χ2v) is 21.9. The molecule has 0 bridgehead atoms. The van der Waals surface area contributed by atoms with Crippen LogP contribution in [0.15, 0.2) is 277 Å². The first-order chi connectivity index (χ1) is 40.6. The average molecular weight is 1120 g/mol. The zero-order chi connectivity index (χ0) is 59.5. The lowest BCUT2D eigenvalue weighted by atomic mass is 9.92. The average Bonchev–Trinajstić information content (AvgIpc) is 3.72. The van der Waals surface area contributed by atoms with E-state index in [0.717, 1.165) is 99.7 Å². The topological polar surface area (TPSA) is 77.5 Å². The molecule has 84 heavy (non-hydrogen) atoms. The van der Waals surface area contributed by atoms with E-state index < -0.39 is 0 Å². The van der Waals surface area contributed by atoms with Crippen molar-refractivity contribution in [2.45, 2.75) is 58.3 Å². The lowest BCUT2D eigenvalue weighted by molar-refractivity contribution is 0.103. The molecule has 0 spiro atoms. The highest BCUT2D eigenvalue weighted by Gasteiger charge is 2.16. The standard InChI is InChI=1S/C22H20O.C20H16OS.C20H16O.C16H16O2/c1-15-13-16(2)21(17(3)14-15)22(23)20-11-9-19(10-12-20)18-7-5-4-6-8-18;1-15-7-11-18(12-8-15)22-19-13-9-17(10-14-19)20(21)16-5-3-2-4-6-16;1-15-6-5-9-19(14-15)20(21)18-12-10-17(11-13-18)16-7-3-2-4-8-16;1-11-5-4-6-13(9-11)16(17)14-7-8-15(18-3)12(2)10-14/h4-14H,1-3H3;2-14H,1H3;2-14H,1H3;4-10H,1-3H3. The zero-order valence-corrected chi connectivity index (χ0v) is 49.7. The van der Waals surface area contributed by atoms with E-state index in [1.54, 1.807) is 24.9 Å². The maximum absolute atomic E-state index is 12.8. The molecule has 0 amide bonds. The van der Waals surface area contributed by atoms with Crippen molar-refractivity contribution in [3.05, 3.63) is 350 Å². The highest BCUT2D eigenvalue weighted by atomic mass is 32.2. The first-order valence-corrected chi connectivity index (χ1v) is 28.7. The summed E-state index contributed by atoms with van der Waals surface area (Å²) in [5, 5.41) is 0. The van der Waals surface area contributed by atoms with Gasteiger partial charge in [-0.2, -0.15) is 0 Å². The summed E-state index contributed by atoms with van der Waals surface area (Å²) in [5.74, 6) is 1.07. The quantitative estimate of drug-likeness (QED) is 0.107. The monoisotopic (exact) mass is 1120 g/mol. The molecular formula is C78H68O5S. The van der Waals surface area contributed by atoms with E-state index in [0.29, 0.717) is 5.56 Å². The van der Waals surface area contributed by atoms with Crippen LogP contribution >= 0.6 is 11.8 Å². The van der Waals surface area contributed by atoms with Crippen molar-refractivity contribution in [1.29, 1.82) is 0 Å². The Balaban J connectivity index is 0.000000147. The zero-order valence-electron chi connectivity index (χ0n) is 48.9. The number of carbonyl (C=O) groups is 4. The fourth-order valence-electron chi connectivity index (χ4n) is 9.67. The lowest BCUT2D eigenvalue weighted by Crippen LogP contribution is -2.06. The summed E-state index contributed by atoms with van der Waals surface area (Å²) < 4.78 is 5.19. The third-order valence-corrected chi connectivity index (χ3v) is 15.1. The maximum atomic E-state index is 12.8. The van der Waals surface area contributed by atoms with Crippen LogP contribution in [0.2, 0.25) is 0 Å². The molecule has 6 heteroatoms. The normalized spacial score (nSPS) is 10.4. The number of rotatable bonds is 13. The molecule has 0 unspecified atom stereocenters. The van der Waals surface area contributed by atoms with Gasteiger partial charge in [0.2, 0.25) is 0 Å². The Labute approximate surface area is 499 Å². The van der Waals surface area contributed by atoms with Crippen LogP contribution in [0.5, 0.6) is 5.75 Å². The summed E-state index contributed by atoms with van der Waals surface area (Å²) in [6.45, 7) is 14.1. The van der Waals surface area contributed by atoms with E-state index in [1.165, 1.54) is 16.0 Å². The number of hydrogen-bond donors (Lipinski definition) is 0. The first kappa shape index (κ1) is 60.3. The third-order valence-electron chi connectivity index (χ3n) is 14.0. The highest BCUT2D eigenvalue weighted by molar-refractivity contribution is 7.99. The number of hydrogen-bond acceptors (Lipinski definition) is 6. The van der Waals surface area contributed by atoms with Crippen molar-refractivity contribution in [3.8, 4) is 28.0 Å². The van der Waals surface area contributed by atoms with Gasteiger partial charge in [0.25, 0.3) is 0 Å². The van der Waals surface area contributed by atoms with Crippen LogP contribution < -0.4 is 4.74 Å². The van der Waals surface area contributed by atoms with Gasteiger partial charge in [0.05, 0.1) is 7.11 Å². The van der Waals surface area contributed by atoms with Gasteiger partial charge in [-0.25, -0.2) is 0 Å². The van der Waals surface area contributed by atoms with E-state index in [4.69, 9.17) is 4.74 Å². The van der Waals surface area contributed by atoms with Gasteiger partial charge < -0.3 is 4.74 Å². The molecule has 0 aromatic heterocycles. The van der Waals surface area contributed by atoms with Gasteiger partial charge in [0.1, 0.15) is 5.75 Å². The van der Waals surface area contributed by atoms with E-state index in [1.807, 2.05) is 235 Å². The minimum absolute atomic E-state index is 0.0458. The molecule has 0 saturated heterocycles. The van der Waals surface area contributed by atoms with Gasteiger partial charge in [-0.1, -0.05) is 234 Å². The third kappa shape index (κ3) is 16.5. The molecule has 0 aliphatic carbocycles. The van der Waals surface area contributed by atoms with Gasteiger partial charge in [-0.3, -0.25) is 19.2 Å². The molecule has 0 heterocycles. The predicted octanol–water partition coefficient (Wildman–Crippen LogP) is 19.3. The molecule has 5 nitrogen and oxygen atoms in total. The molecule has 0 aliphatic rings. The Kier molecular flexibility index (Phi) is 21.0. The molecule has 0 saturated carbocycles. The summed E-state index contributed by atoms with van der Waals surface area (Å²) in [6.07, 6.45) is 0. The van der Waals surface area contributed by atoms with Crippen molar-refractivity contribution < 1.29 is 23.9 Å². The minimum Gasteiger partial charge on any atom is -0.496 e. The summed E-state index contributed by atoms with van der Waals surface area (Å²) in [6, 6.07) is 86.6. The summed E-state index contributed by atoms with van der Waals surface area (Å²) in [7, 11) is 1.63. The van der Waals surface area contributed by atoms with E-state index >= 15 is 0 Å². The van der Waals surface area contributed by atoms with Gasteiger partial charge in [-0.05, 0) is 154 Å². The van der Waals surface area contributed by atoms with Crippen LogP contribution in [-0.4, -0.2) is 30.2 Å². The smallest absolute Gasteiger partial charge is 0.193 e. The molecule has 11 aromatic carbocycles. The summed E-state index contributed by atoms with van der Waals surface area (Å²) in [4.78, 5) is 52.3. The predicted molar refractivity (Wildman–Crippen MR) is 346 cm³/mol. The molecule has 0 radical (unpaired) electrons. The van der Waals surface area contributed by atoms with Crippen molar-refractivity contribution >= 4 is 34.9 Å². The van der Waals surface area contributed by atoms with Crippen LogP contribution in [0.3, 0.4) is 0 Å². The van der Waals surface area contributed by atoms with Crippen LogP contribution in [-0.2, 0) is 0 Å². The number of ether oxygens (including phenoxy) is 1. The van der Waals surface area contributed by atoms with Crippen molar-refractivity contribution in [3.63, 3.8) is 0 Å². The molecule has 11 rings (SSSR count). The summed E-state index contributed by atoms with van der Waals surface area (Å²) >= 11 is 1.70. The minimum atomic E-state index is 0.0458. The van der Waals surface area contributed by atoms with Crippen molar-refractivity contribution in [2.24, 2.45) is 0 Å². The Morgan fingerprint density at radius 1 is 0.274 bits per heavy atom. The fourth-order valence-corrected chi connectivity index (χ4v) is 10.5. The molecule has 0 atom stereocenters. The van der Waals surface area contributed by atoms with Crippen molar-refractivity contribution in [1.82, 2.24) is 0 Å². The number of aryl methyl sites for hydroxylation is 7. The number of carbonyl (C=O) groups excluding carboxylic acids is 4. The maximum Gasteiger partial charge on any atom is 0.193 e. The molecular weight excluding hydrogens is 1050 g/mol. The second kappa shape index (κ2) is 29.3. The van der Waals surface area contributed by atoms with Crippen LogP contribution in [0.1, 0.15) is 103 Å². The molecule has 0 N–H and O–H groups in total. The first-order valence-electron chi connectivity index (χ1n) is 27.9. The molecule has 0 fully saturated rings. The van der Waals surface area contributed by atoms with E-state index in [9.17, 15) is 19.2 Å². The van der Waals surface area contributed by atoms with Crippen LogP contribution in [0.4, 0.5) is 0 Å². The summed E-state index contributed by atoms with van der Waals surface area (Å²) in [5.41, 5.74) is 18.1. The Bertz CT molecular complexity index is 3980. The fraction of sp³-hybridized carbons (Fsp3) is 0.103. The van der Waals surface area contributed by atoms with Crippen molar-refractivity contribution in [2.75, 3.05) is 7.11 Å². The SMILES string of the molecule is COc1ccc(C(=O)c2cccc(C)c2)cc1C.Cc1cc(C)c(C(=O)c2ccc(-c3ccccc3)cc2)c(C)c1.Cc1ccc(Sc2ccc(C(=O)c3ccccc3)cc2)cc1.Cc1cccc(C(=O)c2ccc(-c3ccccc3)cc2)c1. The van der Waals surface area contributed by atoms with E-state index in [2.05, 4.69) is 74.5 Å². The van der Waals surface area contributed by atoms with Gasteiger partial charge in [-0.15, -0.1) is 0 Å². The van der Waals surface area contributed by atoms with Gasteiger partial charge >= 0.3 is 0 Å². The molecule has 416 valence electrons. The van der Waals surface area contributed by atoms with Crippen LogP contribution in [0, 0.1) is 48.5 Å².